The number of H-pyrrole nitrogens is 1. The number of rotatable bonds is 4. The molecule has 2 aromatic rings. The van der Waals surface area contributed by atoms with Gasteiger partial charge in [-0.05, 0) is 30.9 Å². The first-order valence-corrected chi connectivity index (χ1v) is 8.97. The number of para-hydroxylation sites is 1. The molecule has 2 amide bonds. The van der Waals surface area contributed by atoms with E-state index >= 15 is 0 Å². The lowest BCUT2D eigenvalue weighted by atomic mass is 9.83. The molecule has 26 heavy (non-hydrogen) atoms. The van der Waals surface area contributed by atoms with Crippen LogP contribution in [-0.2, 0) is 31.1 Å². The Bertz CT molecular complexity index is 836. The highest BCUT2D eigenvalue weighted by Gasteiger charge is 2.43. The lowest BCUT2D eigenvalue weighted by Gasteiger charge is -2.43. The topological polar surface area (TPSA) is 97.7 Å². The Balaban J connectivity index is 1.48. The van der Waals surface area contributed by atoms with Gasteiger partial charge in [-0.2, -0.15) is 0 Å². The average molecular weight is 357 g/mol. The summed E-state index contributed by atoms with van der Waals surface area (Å²) in [5.41, 5.74) is 8.32. The molecule has 0 saturated carbocycles. The predicted octanol–water partition coefficient (Wildman–Crippen LogP) is 1.06. The molecular weight excluding hydrogens is 334 g/mol. The van der Waals surface area contributed by atoms with E-state index in [2.05, 4.69) is 23.2 Å². The monoisotopic (exact) mass is 357 g/mol. The van der Waals surface area contributed by atoms with Gasteiger partial charge in [0.1, 0.15) is 18.8 Å². The van der Waals surface area contributed by atoms with Gasteiger partial charge < -0.3 is 25.1 Å². The number of likely N-dealkylation sites (tertiary alicyclic amines) is 1. The molecule has 0 atom stereocenters. The van der Waals surface area contributed by atoms with Crippen LogP contribution in [-0.4, -0.2) is 54.6 Å². The van der Waals surface area contributed by atoms with E-state index in [0.29, 0.717) is 19.7 Å². The maximum Gasteiger partial charge on any atom is 0.248 e. The number of fused-ring (bicyclic) bond motifs is 4. The Labute approximate surface area is 151 Å². The summed E-state index contributed by atoms with van der Waals surface area (Å²) in [5.74, 6) is -0.689. The van der Waals surface area contributed by atoms with Gasteiger partial charge in [0.05, 0.1) is 12.3 Å². The summed E-state index contributed by atoms with van der Waals surface area (Å²) in [6.07, 6.45) is 2.40. The second-order valence-electron chi connectivity index (χ2n) is 6.96. The zero-order chi connectivity index (χ0) is 18.1. The van der Waals surface area contributed by atoms with Crippen LogP contribution in [0.3, 0.4) is 0 Å². The third-order valence-electron chi connectivity index (χ3n) is 5.39. The lowest BCUT2D eigenvalue weighted by molar-refractivity contribution is -0.146. The molecule has 138 valence electrons. The minimum atomic E-state index is -0.572. The second kappa shape index (κ2) is 6.74. The summed E-state index contributed by atoms with van der Waals surface area (Å²) in [7, 11) is 0. The molecule has 3 N–H and O–H groups in total. The number of carbonyl (C=O) groups is 2. The van der Waals surface area contributed by atoms with E-state index in [4.69, 9.17) is 15.2 Å². The van der Waals surface area contributed by atoms with Crippen LogP contribution in [0.1, 0.15) is 24.1 Å². The maximum atomic E-state index is 12.2. The van der Waals surface area contributed by atoms with Crippen LogP contribution in [0.4, 0.5) is 0 Å². The number of piperidine rings is 1. The summed E-state index contributed by atoms with van der Waals surface area (Å²) in [4.78, 5) is 28.3. The highest BCUT2D eigenvalue weighted by atomic mass is 16.5. The van der Waals surface area contributed by atoms with E-state index in [0.717, 1.165) is 24.8 Å². The number of carbonyl (C=O) groups excluding carboxylic acids is 2. The van der Waals surface area contributed by atoms with Crippen molar-refractivity contribution >= 4 is 22.7 Å². The van der Waals surface area contributed by atoms with Crippen molar-refractivity contribution in [2.24, 2.45) is 5.73 Å². The fourth-order valence-corrected chi connectivity index (χ4v) is 4.11. The standard InChI is InChI=1S/C19H23N3O4/c20-16(23)11-25-12-17(24)22-8-6-19(7-9-22)18-14(5-10-26-19)13-3-1-2-4-15(13)21-18/h1-4,21H,5-12H2,(H2,20,23). The molecule has 7 nitrogen and oxygen atoms in total. The van der Waals surface area contributed by atoms with Crippen LogP contribution in [0, 0.1) is 0 Å². The van der Waals surface area contributed by atoms with Crippen LogP contribution < -0.4 is 5.73 Å². The predicted molar refractivity (Wildman–Crippen MR) is 95.5 cm³/mol. The molecule has 7 heteroatoms. The van der Waals surface area contributed by atoms with Crippen LogP contribution in [0.2, 0.25) is 0 Å². The van der Waals surface area contributed by atoms with Crippen molar-refractivity contribution in [2.45, 2.75) is 24.9 Å². The van der Waals surface area contributed by atoms with Gasteiger partial charge in [-0.15, -0.1) is 0 Å². The Hall–Kier alpha value is -2.38. The molecule has 0 unspecified atom stereocenters. The van der Waals surface area contributed by atoms with Crippen molar-refractivity contribution in [2.75, 3.05) is 32.9 Å². The molecule has 1 fully saturated rings. The molecule has 4 rings (SSSR count). The van der Waals surface area contributed by atoms with E-state index in [9.17, 15) is 9.59 Å². The molecule has 1 saturated heterocycles. The van der Waals surface area contributed by atoms with Crippen LogP contribution in [0.15, 0.2) is 24.3 Å². The average Bonchev–Trinajstić information content (AvgIpc) is 3.03. The summed E-state index contributed by atoms with van der Waals surface area (Å²) < 4.78 is 11.3. The Kier molecular flexibility index (Phi) is 4.42. The number of hydrogen-bond acceptors (Lipinski definition) is 4. The van der Waals surface area contributed by atoms with Gasteiger partial charge in [0.25, 0.3) is 0 Å². The smallest absolute Gasteiger partial charge is 0.248 e. The minimum Gasteiger partial charge on any atom is -0.368 e. The number of ether oxygens (including phenoxy) is 2. The van der Waals surface area contributed by atoms with E-state index in [1.807, 2.05) is 6.07 Å². The van der Waals surface area contributed by atoms with Gasteiger partial charge in [-0.1, -0.05) is 18.2 Å². The zero-order valence-corrected chi connectivity index (χ0v) is 14.6. The van der Waals surface area contributed by atoms with Gasteiger partial charge in [0.15, 0.2) is 0 Å². The van der Waals surface area contributed by atoms with E-state index in [1.165, 1.54) is 16.6 Å². The van der Waals surface area contributed by atoms with E-state index in [-0.39, 0.29) is 24.7 Å². The van der Waals surface area contributed by atoms with Crippen molar-refractivity contribution < 1.29 is 19.1 Å². The minimum absolute atomic E-state index is 0.117. The number of amides is 2. The van der Waals surface area contributed by atoms with E-state index in [1.54, 1.807) is 4.90 Å². The number of aromatic amines is 1. The van der Waals surface area contributed by atoms with Crippen LogP contribution in [0.25, 0.3) is 10.9 Å². The normalized spacial score (nSPS) is 18.8. The highest BCUT2D eigenvalue weighted by molar-refractivity contribution is 5.85. The van der Waals surface area contributed by atoms with Crippen molar-refractivity contribution in [1.29, 1.82) is 0 Å². The van der Waals surface area contributed by atoms with Gasteiger partial charge >= 0.3 is 0 Å². The van der Waals surface area contributed by atoms with E-state index < -0.39 is 5.91 Å². The number of hydrogen-bond donors (Lipinski definition) is 2. The zero-order valence-electron chi connectivity index (χ0n) is 14.6. The van der Waals surface area contributed by atoms with Crippen molar-refractivity contribution in [3.8, 4) is 0 Å². The number of benzene rings is 1. The van der Waals surface area contributed by atoms with Crippen LogP contribution in [0.5, 0.6) is 0 Å². The molecule has 0 bridgehead atoms. The van der Waals surface area contributed by atoms with Crippen LogP contribution >= 0.6 is 0 Å². The van der Waals surface area contributed by atoms with Crippen molar-refractivity contribution in [1.82, 2.24) is 9.88 Å². The molecule has 2 aliphatic rings. The van der Waals surface area contributed by atoms with Crippen molar-refractivity contribution in [3.63, 3.8) is 0 Å². The number of nitrogens with two attached hydrogens (primary N) is 1. The highest BCUT2D eigenvalue weighted by Crippen LogP contribution is 2.43. The maximum absolute atomic E-state index is 12.2. The summed E-state index contributed by atoms with van der Waals surface area (Å²) in [6.45, 7) is 1.56. The van der Waals surface area contributed by atoms with Crippen molar-refractivity contribution in [3.05, 3.63) is 35.5 Å². The summed E-state index contributed by atoms with van der Waals surface area (Å²) >= 11 is 0. The number of aromatic nitrogens is 1. The molecule has 2 aliphatic heterocycles. The Morgan fingerprint density at radius 1 is 1.23 bits per heavy atom. The molecule has 0 aliphatic carbocycles. The first kappa shape index (κ1) is 17.1. The molecular formula is C19H23N3O4. The van der Waals surface area contributed by atoms with Gasteiger partial charge in [0, 0.05) is 24.0 Å². The Morgan fingerprint density at radius 2 is 2.00 bits per heavy atom. The first-order chi connectivity index (χ1) is 12.6. The molecule has 1 aromatic carbocycles. The third kappa shape index (κ3) is 2.97. The molecule has 1 spiro atoms. The fraction of sp³-hybridized carbons (Fsp3) is 0.474. The largest absolute Gasteiger partial charge is 0.368 e. The lowest BCUT2D eigenvalue weighted by Crippen LogP contribution is -2.49. The number of nitrogens with one attached hydrogen (secondary N) is 1. The number of nitrogens with zero attached hydrogens (tertiary/aromatic N) is 1. The van der Waals surface area contributed by atoms with Gasteiger partial charge in [-0.3, -0.25) is 9.59 Å². The number of primary amides is 1. The first-order valence-electron chi connectivity index (χ1n) is 8.97. The van der Waals surface area contributed by atoms with Gasteiger partial charge in [-0.25, -0.2) is 0 Å². The summed E-state index contributed by atoms with van der Waals surface area (Å²) in [6, 6.07) is 8.34. The quantitative estimate of drug-likeness (QED) is 0.855. The Morgan fingerprint density at radius 3 is 2.77 bits per heavy atom. The molecule has 3 heterocycles. The molecule has 1 aromatic heterocycles. The second-order valence-corrected chi connectivity index (χ2v) is 6.96. The van der Waals surface area contributed by atoms with Gasteiger partial charge in [0.2, 0.25) is 11.8 Å². The SMILES string of the molecule is NC(=O)COCC(=O)N1CCC2(CC1)OCCc1c2[nH]c2ccccc12. The third-order valence-corrected chi connectivity index (χ3v) is 5.39. The fourth-order valence-electron chi connectivity index (χ4n) is 4.11. The molecule has 0 radical (unpaired) electrons. The summed E-state index contributed by atoms with van der Waals surface area (Å²) in [5, 5.41) is 1.27.